The molecule has 0 saturated carbocycles. The second-order valence-corrected chi connectivity index (χ2v) is 8.91. The Bertz CT molecular complexity index is 1350. The monoisotopic (exact) mass is 491 g/mol. The molecule has 2 N–H and O–H groups in total. The zero-order valence-corrected chi connectivity index (χ0v) is 19.7. The summed E-state index contributed by atoms with van der Waals surface area (Å²) in [6.07, 6.45) is 0. The molecule has 0 bridgehead atoms. The van der Waals surface area contributed by atoms with Crippen LogP contribution in [-0.2, 0) is 16.1 Å². The van der Waals surface area contributed by atoms with Gasteiger partial charge in [0.2, 0.25) is 0 Å². The molecule has 0 radical (unpaired) electrons. The van der Waals surface area contributed by atoms with Gasteiger partial charge in [-0.15, -0.1) is 11.3 Å². The molecule has 3 aromatic rings. The van der Waals surface area contributed by atoms with Crippen molar-refractivity contribution in [1.29, 1.82) is 0 Å². The number of carbonyl (C=O) groups excluding carboxylic acids is 5. The van der Waals surface area contributed by atoms with Gasteiger partial charge in [0.25, 0.3) is 17.7 Å². The first-order chi connectivity index (χ1) is 16.7. The fourth-order valence-electron chi connectivity index (χ4n) is 3.55. The van der Waals surface area contributed by atoms with Crippen LogP contribution in [0.1, 0.15) is 47.1 Å². The van der Waals surface area contributed by atoms with E-state index in [0.29, 0.717) is 5.69 Å². The van der Waals surface area contributed by atoms with Crippen LogP contribution in [0.15, 0.2) is 53.9 Å². The molecule has 2 heterocycles. The summed E-state index contributed by atoms with van der Waals surface area (Å²) >= 11 is 1.46. The van der Waals surface area contributed by atoms with E-state index in [9.17, 15) is 24.0 Å². The summed E-state index contributed by atoms with van der Waals surface area (Å²) in [6, 6.07) is 12.4. The Labute approximate surface area is 204 Å². The minimum Gasteiger partial charge on any atom is -0.452 e. The van der Waals surface area contributed by atoms with E-state index in [2.05, 4.69) is 10.6 Å². The molecule has 35 heavy (non-hydrogen) atoms. The number of carbonyl (C=O) groups is 5. The Morgan fingerprint density at radius 3 is 2.49 bits per heavy atom. The lowest BCUT2D eigenvalue weighted by Gasteiger charge is -2.17. The van der Waals surface area contributed by atoms with Crippen LogP contribution >= 0.6 is 11.3 Å². The molecule has 0 aliphatic carbocycles. The summed E-state index contributed by atoms with van der Waals surface area (Å²) in [5.74, 6) is -2.71. The van der Waals surface area contributed by atoms with Gasteiger partial charge in [-0.3, -0.25) is 19.7 Å². The van der Waals surface area contributed by atoms with Crippen molar-refractivity contribution in [2.45, 2.75) is 20.4 Å². The largest absolute Gasteiger partial charge is 0.452 e. The van der Waals surface area contributed by atoms with Gasteiger partial charge in [0.05, 0.1) is 28.9 Å². The third-order valence-corrected chi connectivity index (χ3v) is 6.19. The molecule has 0 atom stereocenters. The number of amides is 5. The van der Waals surface area contributed by atoms with E-state index in [1.807, 2.05) is 36.6 Å². The average Bonchev–Trinajstić information content (AvgIpc) is 3.44. The number of ether oxygens (including phenoxy) is 1. The fourth-order valence-corrected chi connectivity index (χ4v) is 4.19. The van der Waals surface area contributed by atoms with Gasteiger partial charge >= 0.3 is 12.0 Å². The van der Waals surface area contributed by atoms with Crippen molar-refractivity contribution in [2.24, 2.45) is 0 Å². The molecular weight excluding hydrogens is 470 g/mol. The molecule has 178 valence electrons. The highest BCUT2D eigenvalue weighted by Gasteiger charge is 2.38. The van der Waals surface area contributed by atoms with Crippen molar-refractivity contribution in [3.63, 3.8) is 0 Å². The lowest BCUT2D eigenvalue weighted by Crippen LogP contribution is -2.41. The predicted molar refractivity (Wildman–Crippen MR) is 128 cm³/mol. The van der Waals surface area contributed by atoms with E-state index < -0.39 is 36.3 Å². The second kappa shape index (κ2) is 9.90. The Morgan fingerprint density at radius 2 is 1.74 bits per heavy atom. The zero-order valence-electron chi connectivity index (χ0n) is 18.9. The van der Waals surface area contributed by atoms with Crippen LogP contribution in [0.2, 0.25) is 0 Å². The van der Waals surface area contributed by atoms with Gasteiger partial charge in [0, 0.05) is 4.88 Å². The maximum Gasteiger partial charge on any atom is 0.338 e. The van der Waals surface area contributed by atoms with E-state index in [-0.39, 0.29) is 23.2 Å². The topological polar surface area (TPSA) is 122 Å². The maximum atomic E-state index is 13.0. The molecule has 5 amide bonds. The number of urea groups is 1. The first kappa shape index (κ1) is 23.8. The van der Waals surface area contributed by atoms with Crippen LogP contribution in [0.3, 0.4) is 0 Å². The van der Waals surface area contributed by atoms with Gasteiger partial charge in [0.15, 0.2) is 6.61 Å². The number of hydrogen-bond donors (Lipinski definition) is 2. The van der Waals surface area contributed by atoms with Gasteiger partial charge in [-0.1, -0.05) is 18.2 Å². The molecule has 10 heteroatoms. The molecule has 9 nitrogen and oxygen atoms in total. The average molecular weight is 492 g/mol. The van der Waals surface area contributed by atoms with Crippen molar-refractivity contribution in [3.8, 4) is 0 Å². The highest BCUT2D eigenvalue weighted by atomic mass is 32.1. The number of nitrogens with zero attached hydrogens (tertiary/aromatic N) is 1. The minimum atomic E-state index is -0.868. The van der Waals surface area contributed by atoms with Crippen molar-refractivity contribution in [2.75, 3.05) is 11.5 Å². The molecule has 1 aliphatic rings. The smallest absolute Gasteiger partial charge is 0.338 e. The van der Waals surface area contributed by atoms with Gasteiger partial charge in [0.1, 0.15) is 0 Å². The second-order valence-electron chi connectivity index (χ2n) is 7.88. The van der Waals surface area contributed by atoms with Crippen LogP contribution in [0, 0.1) is 13.8 Å². The molecular formula is C25H21N3O6S. The van der Waals surface area contributed by atoms with Crippen molar-refractivity contribution in [3.05, 3.63) is 86.6 Å². The molecule has 0 unspecified atom stereocenters. The number of fused-ring (bicyclic) bond motifs is 1. The standard InChI is InChI=1S/C25H21N3O6S/c1-14-5-6-15(2)20(10-14)28-22(30)18-8-7-16(11-19(18)23(28)31)24(32)34-13-21(29)27-25(33)26-12-17-4-3-9-35-17/h3-11H,12-13H2,1-2H3,(H2,26,27,29,33). The number of esters is 1. The number of imide groups is 2. The quantitative estimate of drug-likeness (QED) is 0.403. The lowest BCUT2D eigenvalue weighted by molar-refractivity contribution is -0.123. The summed E-state index contributed by atoms with van der Waals surface area (Å²) < 4.78 is 4.97. The molecule has 1 aliphatic heterocycles. The van der Waals surface area contributed by atoms with E-state index in [1.165, 1.54) is 29.5 Å². The Kier molecular flexibility index (Phi) is 6.74. The summed E-state index contributed by atoms with van der Waals surface area (Å²) in [7, 11) is 0. The SMILES string of the molecule is Cc1ccc(C)c(N2C(=O)c3ccc(C(=O)OCC(=O)NC(=O)NCc4cccs4)cc3C2=O)c1. The van der Waals surface area contributed by atoms with Gasteiger partial charge < -0.3 is 10.1 Å². The molecule has 0 saturated heterocycles. The molecule has 0 fully saturated rings. The summed E-state index contributed by atoms with van der Waals surface area (Å²) in [6.45, 7) is 3.23. The van der Waals surface area contributed by atoms with E-state index in [1.54, 1.807) is 13.0 Å². The van der Waals surface area contributed by atoms with Crippen LogP contribution in [-0.4, -0.2) is 36.3 Å². The lowest BCUT2D eigenvalue weighted by atomic mass is 10.1. The van der Waals surface area contributed by atoms with Crippen LogP contribution in [0.25, 0.3) is 0 Å². The van der Waals surface area contributed by atoms with Crippen LogP contribution in [0.5, 0.6) is 0 Å². The van der Waals surface area contributed by atoms with E-state index in [0.717, 1.165) is 20.9 Å². The van der Waals surface area contributed by atoms with Crippen molar-refractivity contribution < 1.29 is 28.7 Å². The third-order valence-electron chi connectivity index (χ3n) is 5.32. The molecule has 0 spiro atoms. The van der Waals surface area contributed by atoms with Crippen LogP contribution < -0.4 is 15.5 Å². The zero-order chi connectivity index (χ0) is 25.1. The molecule has 4 rings (SSSR count). The van der Waals surface area contributed by atoms with Crippen molar-refractivity contribution >= 4 is 46.7 Å². The van der Waals surface area contributed by atoms with Gasteiger partial charge in [-0.25, -0.2) is 14.5 Å². The normalized spacial score (nSPS) is 12.3. The summed E-state index contributed by atoms with van der Waals surface area (Å²) in [5, 5.41) is 6.46. The van der Waals surface area contributed by atoms with Gasteiger partial charge in [-0.2, -0.15) is 0 Å². The number of nitrogens with one attached hydrogen (secondary N) is 2. The van der Waals surface area contributed by atoms with Crippen LogP contribution in [0.4, 0.5) is 10.5 Å². The van der Waals surface area contributed by atoms with E-state index in [4.69, 9.17) is 4.74 Å². The summed E-state index contributed by atoms with van der Waals surface area (Å²) in [4.78, 5) is 64.1. The molecule has 2 aromatic carbocycles. The van der Waals surface area contributed by atoms with E-state index >= 15 is 0 Å². The number of hydrogen-bond acceptors (Lipinski definition) is 7. The predicted octanol–water partition coefficient (Wildman–Crippen LogP) is 3.35. The number of thiophene rings is 1. The minimum absolute atomic E-state index is 0.00246. The highest BCUT2D eigenvalue weighted by molar-refractivity contribution is 7.09. The number of benzene rings is 2. The first-order valence-electron chi connectivity index (χ1n) is 10.6. The Hall–Kier alpha value is -4.31. The highest BCUT2D eigenvalue weighted by Crippen LogP contribution is 2.31. The number of rotatable bonds is 6. The maximum absolute atomic E-state index is 13.0. The fraction of sp³-hybridized carbons (Fsp3) is 0.160. The van der Waals surface area contributed by atoms with Gasteiger partial charge in [-0.05, 0) is 60.7 Å². The van der Waals surface area contributed by atoms with Crippen molar-refractivity contribution in [1.82, 2.24) is 10.6 Å². The first-order valence-corrected chi connectivity index (χ1v) is 11.5. The summed E-state index contributed by atoms with van der Waals surface area (Å²) in [5.41, 5.74) is 2.38. The number of anilines is 1. The third kappa shape index (κ3) is 5.12. The molecule has 1 aromatic heterocycles. The Balaban J connectivity index is 1.38. The Morgan fingerprint density at radius 1 is 0.971 bits per heavy atom. The number of aryl methyl sites for hydroxylation is 2.